The standard InChI is InChI=1S/C25H36O3Si/c1-16-13-20-19-8-7-17-14-18(26)9-10-23(17,2)22(19)21(27)15-24(20,3)25(16,28)11-12-29(4,5)6/h14,19-22,27-28H,1,7-10,13,15H2,2-6H3/t19-,20-,21-,22+,23-,24-,25-/m0/s1. The molecular formula is C25H36O3Si. The van der Waals surface area contributed by atoms with Crippen LogP contribution in [0.5, 0.6) is 0 Å². The molecule has 0 unspecified atom stereocenters. The van der Waals surface area contributed by atoms with E-state index in [4.69, 9.17) is 0 Å². The largest absolute Gasteiger partial charge is 0.393 e. The SMILES string of the molecule is C=C1C[C@H]2[C@@H]3CCC4=CC(=O)CC[C@]4(C)[C@H]3[C@@H](O)C[C@]2(C)[C@]1(O)C#C[Si](C)(C)C. The molecule has 2 N–H and O–H groups in total. The lowest BCUT2D eigenvalue weighted by Crippen LogP contribution is -2.59. The van der Waals surface area contributed by atoms with Gasteiger partial charge >= 0.3 is 0 Å². The fraction of sp³-hybridized carbons (Fsp3) is 0.720. The molecule has 0 aromatic heterocycles. The number of rotatable bonds is 0. The molecule has 3 nitrogen and oxygen atoms in total. The third-order valence-electron chi connectivity index (χ3n) is 8.71. The highest BCUT2D eigenvalue weighted by molar-refractivity contribution is 6.83. The van der Waals surface area contributed by atoms with Gasteiger partial charge in [0.05, 0.1) is 6.10 Å². The van der Waals surface area contributed by atoms with Gasteiger partial charge in [0, 0.05) is 11.8 Å². The number of allylic oxidation sites excluding steroid dienone is 1. The van der Waals surface area contributed by atoms with Crippen molar-refractivity contribution in [2.75, 3.05) is 0 Å². The topological polar surface area (TPSA) is 57.5 Å². The Kier molecular flexibility index (Phi) is 4.67. The Morgan fingerprint density at radius 1 is 1.24 bits per heavy atom. The number of hydrogen-bond donors (Lipinski definition) is 2. The van der Waals surface area contributed by atoms with Crippen LogP contribution in [0.15, 0.2) is 23.8 Å². The Morgan fingerprint density at radius 3 is 2.59 bits per heavy atom. The van der Waals surface area contributed by atoms with Gasteiger partial charge in [-0.05, 0) is 66.9 Å². The summed E-state index contributed by atoms with van der Waals surface area (Å²) in [6.07, 6.45) is 6.02. The maximum Gasteiger partial charge on any atom is 0.155 e. The zero-order valence-electron chi connectivity index (χ0n) is 18.6. The second kappa shape index (κ2) is 6.42. The maximum atomic E-state index is 12.0. The fourth-order valence-corrected chi connectivity index (χ4v) is 7.71. The summed E-state index contributed by atoms with van der Waals surface area (Å²) >= 11 is 0. The normalized spacial score (nSPS) is 46.8. The van der Waals surface area contributed by atoms with Crippen LogP contribution in [-0.4, -0.2) is 35.8 Å². The van der Waals surface area contributed by atoms with Crippen molar-refractivity contribution in [3.05, 3.63) is 23.8 Å². The first-order valence-electron chi connectivity index (χ1n) is 11.2. The van der Waals surface area contributed by atoms with Crippen LogP contribution in [0.3, 0.4) is 0 Å². The Balaban J connectivity index is 1.76. The maximum absolute atomic E-state index is 12.0. The van der Waals surface area contributed by atoms with E-state index in [1.165, 1.54) is 5.57 Å². The van der Waals surface area contributed by atoms with Crippen LogP contribution in [-0.2, 0) is 4.79 Å². The first-order chi connectivity index (χ1) is 13.3. The number of aliphatic hydroxyl groups is 2. The molecular weight excluding hydrogens is 376 g/mol. The summed E-state index contributed by atoms with van der Waals surface area (Å²) in [4.78, 5) is 12.0. The van der Waals surface area contributed by atoms with Crippen LogP contribution in [0.4, 0.5) is 0 Å². The van der Waals surface area contributed by atoms with Gasteiger partial charge in [0.25, 0.3) is 0 Å². The summed E-state index contributed by atoms with van der Waals surface area (Å²) in [6.45, 7) is 15.2. The molecule has 3 fully saturated rings. The van der Waals surface area contributed by atoms with Crippen LogP contribution >= 0.6 is 0 Å². The molecule has 4 heteroatoms. The molecule has 0 spiro atoms. The molecule has 0 aromatic rings. The van der Waals surface area contributed by atoms with E-state index in [-0.39, 0.29) is 23.0 Å². The third-order valence-corrected chi connectivity index (χ3v) is 9.58. The minimum atomic E-state index is -1.65. The van der Waals surface area contributed by atoms with Crippen LogP contribution in [0.1, 0.15) is 52.4 Å². The summed E-state index contributed by atoms with van der Waals surface area (Å²) in [6, 6.07) is 0. The highest BCUT2D eigenvalue weighted by Crippen LogP contribution is 2.68. The smallest absolute Gasteiger partial charge is 0.155 e. The first-order valence-corrected chi connectivity index (χ1v) is 14.7. The Bertz CT molecular complexity index is 856. The van der Waals surface area contributed by atoms with Crippen molar-refractivity contribution in [3.8, 4) is 11.5 Å². The average Bonchev–Trinajstić information content (AvgIpc) is 2.80. The van der Waals surface area contributed by atoms with Gasteiger partial charge in [-0.3, -0.25) is 4.79 Å². The predicted octanol–water partition coefficient (Wildman–Crippen LogP) is 4.27. The van der Waals surface area contributed by atoms with Crippen molar-refractivity contribution in [1.82, 2.24) is 0 Å². The van der Waals surface area contributed by atoms with E-state index < -0.39 is 25.2 Å². The Morgan fingerprint density at radius 2 is 1.93 bits per heavy atom. The van der Waals surface area contributed by atoms with Crippen LogP contribution in [0, 0.1) is 40.0 Å². The first kappa shape index (κ1) is 21.1. The lowest BCUT2D eigenvalue weighted by atomic mass is 9.45. The van der Waals surface area contributed by atoms with Gasteiger partial charge in [0.2, 0.25) is 0 Å². The Hall–Kier alpha value is -1.15. The Labute approximate surface area is 176 Å². The van der Waals surface area contributed by atoms with Crippen molar-refractivity contribution in [3.63, 3.8) is 0 Å². The number of ketones is 1. The molecule has 4 aliphatic rings. The predicted molar refractivity (Wildman–Crippen MR) is 119 cm³/mol. The van der Waals surface area contributed by atoms with Crippen molar-refractivity contribution in [2.45, 2.75) is 83.7 Å². The molecule has 0 radical (unpaired) electrons. The molecule has 0 saturated heterocycles. The second-order valence-corrected chi connectivity index (χ2v) is 16.3. The van der Waals surface area contributed by atoms with Gasteiger partial charge in [0.1, 0.15) is 8.07 Å². The molecule has 0 heterocycles. The van der Waals surface area contributed by atoms with E-state index in [0.29, 0.717) is 18.8 Å². The summed E-state index contributed by atoms with van der Waals surface area (Å²) in [7, 11) is -1.65. The van der Waals surface area contributed by atoms with E-state index in [0.717, 1.165) is 31.3 Å². The highest BCUT2D eigenvalue weighted by Gasteiger charge is 2.67. The summed E-state index contributed by atoms with van der Waals surface area (Å²) in [5.41, 5.74) is 3.65. The van der Waals surface area contributed by atoms with Gasteiger partial charge in [-0.2, -0.15) is 0 Å². The van der Waals surface area contributed by atoms with Crippen molar-refractivity contribution >= 4 is 13.9 Å². The van der Waals surface area contributed by atoms with E-state index in [2.05, 4.69) is 51.5 Å². The van der Waals surface area contributed by atoms with Gasteiger partial charge in [-0.25, -0.2) is 0 Å². The zero-order chi connectivity index (χ0) is 21.4. The number of carbonyl (C=O) groups excluding carboxylic acids is 1. The minimum Gasteiger partial charge on any atom is -0.393 e. The molecule has 0 aromatic carbocycles. The number of hydrogen-bond acceptors (Lipinski definition) is 3. The second-order valence-electron chi connectivity index (χ2n) is 11.6. The van der Waals surface area contributed by atoms with Gasteiger partial charge < -0.3 is 10.2 Å². The molecule has 4 rings (SSSR count). The van der Waals surface area contributed by atoms with E-state index in [1.807, 2.05) is 6.08 Å². The van der Waals surface area contributed by atoms with Crippen molar-refractivity contribution < 1.29 is 15.0 Å². The third kappa shape index (κ3) is 2.96. The monoisotopic (exact) mass is 412 g/mol. The van der Waals surface area contributed by atoms with Crippen LogP contribution in [0.2, 0.25) is 19.6 Å². The quantitative estimate of drug-likeness (QED) is 0.355. The summed E-state index contributed by atoms with van der Waals surface area (Å²) in [5.74, 6) is 4.27. The van der Waals surface area contributed by atoms with Crippen molar-refractivity contribution in [1.29, 1.82) is 0 Å². The van der Waals surface area contributed by atoms with Crippen LogP contribution in [0.25, 0.3) is 0 Å². The lowest BCUT2D eigenvalue weighted by molar-refractivity contribution is -0.153. The van der Waals surface area contributed by atoms with E-state index in [1.54, 1.807) is 0 Å². The van der Waals surface area contributed by atoms with Crippen LogP contribution < -0.4 is 0 Å². The molecule has 4 aliphatic carbocycles. The molecule has 0 bridgehead atoms. The minimum absolute atomic E-state index is 0.108. The summed E-state index contributed by atoms with van der Waals surface area (Å²) < 4.78 is 0. The van der Waals surface area contributed by atoms with E-state index >= 15 is 0 Å². The van der Waals surface area contributed by atoms with Gasteiger partial charge in [-0.15, -0.1) is 5.54 Å². The van der Waals surface area contributed by atoms with Gasteiger partial charge in [-0.1, -0.05) is 51.6 Å². The van der Waals surface area contributed by atoms with E-state index in [9.17, 15) is 15.0 Å². The summed E-state index contributed by atoms with van der Waals surface area (Å²) in [5, 5.41) is 23.2. The molecule has 0 amide bonds. The highest BCUT2D eigenvalue weighted by atomic mass is 28.3. The molecule has 7 atom stereocenters. The zero-order valence-corrected chi connectivity index (χ0v) is 19.6. The fourth-order valence-electron chi connectivity index (χ4n) is 7.15. The molecule has 0 aliphatic heterocycles. The molecule has 3 saturated carbocycles. The number of fused-ring (bicyclic) bond motifs is 5. The number of carbonyl (C=O) groups is 1. The van der Waals surface area contributed by atoms with Crippen molar-refractivity contribution in [2.24, 2.45) is 28.6 Å². The molecule has 158 valence electrons. The molecule has 29 heavy (non-hydrogen) atoms. The average molecular weight is 413 g/mol. The number of aliphatic hydroxyl groups excluding tert-OH is 1. The van der Waals surface area contributed by atoms with Gasteiger partial charge in [0.15, 0.2) is 11.4 Å². The lowest BCUT2D eigenvalue weighted by Gasteiger charge is -2.60.